The lowest BCUT2D eigenvalue weighted by molar-refractivity contribution is 1.04. The van der Waals surface area contributed by atoms with Crippen molar-refractivity contribution in [1.82, 2.24) is 9.97 Å². The normalized spacial score (nSPS) is 13.4. The number of nitrogens with zero attached hydrogens (tertiary/aromatic N) is 1. The molecule has 4 heteroatoms. The van der Waals surface area contributed by atoms with E-state index in [4.69, 9.17) is 5.73 Å². The maximum atomic E-state index is 5.58. The summed E-state index contributed by atoms with van der Waals surface area (Å²) in [6, 6.07) is 0. The Labute approximate surface area is 70.8 Å². The molecule has 0 amide bonds. The Bertz CT molecular complexity index is 219. The van der Waals surface area contributed by atoms with Crippen LogP contribution in [-0.4, -0.2) is 15.3 Å². The van der Waals surface area contributed by atoms with Crippen LogP contribution in [0.1, 0.15) is 18.3 Å². The van der Waals surface area contributed by atoms with Gasteiger partial charge in [-0.3, -0.25) is 0 Å². The molecule has 1 rings (SSSR count). The van der Waals surface area contributed by atoms with Gasteiger partial charge in [-0.25, -0.2) is 4.98 Å². The van der Waals surface area contributed by atoms with Crippen molar-refractivity contribution in [3.05, 3.63) is 17.7 Å². The molecule has 11 heavy (non-hydrogen) atoms. The molecule has 1 unspecified atom stereocenters. The van der Waals surface area contributed by atoms with E-state index in [0.29, 0.717) is 0 Å². The van der Waals surface area contributed by atoms with Crippen LogP contribution in [0.25, 0.3) is 0 Å². The van der Waals surface area contributed by atoms with Crippen LogP contribution >= 0.6 is 11.8 Å². The van der Waals surface area contributed by atoms with Crippen LogP contribution in [0.3, 0.4) is 0 Å². The van der Waals surface area contributed by atoms with Crippen LogP contribution in [0.5, 0.6) is 0 Å². The number of rotatable bonds is 3. The molecule has 1 aromatic heterocycles. The Hall–Kier alpha value is -0.480. The van der Waals surface area contributed by atoms with E-state index in [1.54, 1.807) is 18.1 Å². The second-order valence-electron chi connectivity index (χ2n) is 2.49. The minimum Gasteiger partial charge on any atom is -0.348 e. The fraction of sp³-hybridized carbons (Fsp3) is 0.571. The summed E-state index contributed by atoms with van der Waals surface area (Å²) in [6.07, 6.45) is 1.71. The molecule has 0 spiro atoms. The van der Waals surface area contributed by atoms with Gasteiger partial charge in [-0.1, -0.05) is 0 Å². The van der Waals surface area contributed by atoms with Crippen molar-refractivity contribution in [3.8, 4) is 0 Å². The average Bonchev–Trinajstić information content (AvgIpc) is 2.31. The van der Waals surface area contributed by atoms with Gasteiger partial charge in [0.15, 0.2) is 0 Å². The van der Waals surface area contributed by atoms with Crippen molar-refractivity contribution in [2.24, 2.45) is 5.73 Å². The number of hydrogen-bond donors (Lipinski definition) is 2. The molecular weight excluding hydrogens is 158 g/mol. The highest BCUT2D eigenvalue weighted by atomic mass is 32.2. The molecule has 1 atom stereocenters. The third-order valence-electron chi connectivity index (χ3n) is 1.42. The second-order valence-corrected chi connectivity index (χ2v) is 3.86. The van der Waals surface area contributed by atoms with E-state index in [-0.39, 0.29) is 5.37 Å². The Morgan fingerprint density at radius 2 is 2.55 bits per heavy atom. The molecular formula is C7H13N3S. The van der Waals surface area contributed by atoms with Crippen molar-refractivity contribution >= 4 is 11.8 Å². The molecule has 0 radical (unpaired) electrons. The fourth-order valence-corrected chi connectivity index (χ4v) is 1.45. The Kier molecular flexibility index (Phi) is 2.96. The van der Waals surface area contributed by atoms with Gasteiger partial charge in [0, 0.05) is 16.8 Å². The Morgan fingerprint density at radius 3 is 3.00 bits per heavy atom. The summed E-state index contributed by atoms with van der Waals surface area (Å²) in [6.45, 7) is 4.00. The third kappa shape index (κ3) is 2.55. The molecule has 3 nitrogen and oxygen atoms in total. The van der Waals surface area contributed by atoms with E-state index in [2.05, 4.69) is 9.97 Å². The highest BCUT2D eigenvalue weighted by molar-refractivity contribution is 7.99. The lowest BCUT2D eigenvalue weighted by Gasteiger charge is -2.02. The molecule has 1 aromatic rings. The summed E-state index contributed by atoms with van der Waals surface area (Å²) in [7, 11) is 0. The minimum atomic E-state index is 0.186. The molecule has 0 aliphatic rings. The molecule has 0 bridgehead atoms. The predicted octanol–water partition coefficient (Wildman–Crippen LogP) is 1.26. The minimum absolute atomic E-state index is 0.186. The van der Waals surface area contributed by atoms with Gasteiger partial charge in [0.25, 0.3) is 0 Å². The molecule has 62 valence electrons. The summed E-state index contributed by atoms with van der Waals surface area (Å²) < 4.78 is 0. The third-order valence-corrected chi connectivity index (χ3v) is 2.38. The van der Waals surface area contributed by atoms with E-state index in [1.807, 2.05) is 13.8 Å². The zero-order valence-electron chi connectivity index (χ0n) is 6.79. The molecule has 0 aliphatic heterocycles. The number of imidazole rings is 1. The van der Waals surface area contributed by atoms with E-state index < -0.39 is 0 Å². The van der Waals surface area contributed by atoms with Crippen molar-refractivity contribution in [2.45, 2.75) is 25.0 Å². The van der Waals surface area contributed by atoms with Crippen molar-refractivity contribution in [2.75, 3.05) is 0 Å². The number of thioether (sulfide) groups is 1. The lowest BCUT2D eigenvalue weighted by atomic mass is 10.4. The number of aromatic nitrogens is 2. The summed E-state index contributed by atoms with van der Waals surface area (Å²) in [4.78, 5) is 7.18. The van der Waals surface area contributed by atoms with Crippen LogP contribution in [0.15, 0.2) is 6.33 Å². The number of hydrogen-bond acceptors (Lipinski definition) is 3. The van der Waals surface area contributed by atoms with Gasteiger partial charge >= 0.3 is 0 Å². The fourth-order valence-electron chi connectivity index (χ4n) is 0.743. The highest BCUT2D eigenvalue weighted by Crippen LogP contribution is 2.14. The number of aromatic amines is 1. The lowest BCUT2D eigenvalue weighted by Crippen LogP contribution is -2.09. The van der Waals surface area contributed by atoms with E-state index in [9.17, 15) is 0 Å². The standard InChI is InChI=1S/C7H13N3S/c1-5-7(10-4-9-5)3-11-6(2)8/h4,6H,3,8H2,1-2H3,(H,9,10). The summed E-state index contributed by atoms with van der Waals surface area (Å²) in [5, 5.41) is 0.186. The molecule has 0 aromatic carbocycles. The molecule has 0 fully saturated rings. The van der Waals surface area contributed by atoms with E-state index >= 15 is 0 Å². The van der Waals surface area contributed by atoms with Crippen LogP contribution in [-0.2, 0) is 5.75 Å². The van der Waals surface area contributed by atoms with Gasteiger partial charge in [-0.15, -0.1) is 11.8 Å². The Morgan fingerprint density at radius 1 is 1.82 bits per heavy atom. The van der Waals surface area contributed by atoms with Crippen LogP contribution < -0.4 is 5.73 Å². The summed E-state index contributed by atoms with van der Waals surface area (Å²) >= 11 is 1.70. The van der Waals surface area contributed by atoms with Gasteiger partial charge < -0.3 is 10.7 Å². The van der Waals surface area contributed by atoms with Gasteiger partial charge in [0.1, 0.15) is 0 Å². The zero-order chi connectivity index (χ0) is 8.27. The van der Waals surface area contributed by atoms with E-state index in [1.165, 1.54) is 0 Å². The average molecular weight is 171 g/mol. The largest absolute Gasteiger partial charge is 0.348 e. The Balaban J connectivity index is 2.44. The maximum Gasteiger partial charge on any atom is 0.0925 e. The summed E-state index contributed by atoms with van der Waals surface area (Å²) in [5.74, 6) is 0.896. The highest BCUT2D eigenvalue weighted by Gasteiger charge is 2.01. The number of nitrogens with two attached hydrogens (primary N) is 1. The topological polar surface area (TPSA) is 54.7 Å². The van der Waals surface area contributed by atoms with Crippen LogP contribution in [0.2, 0.25) is 0 Å². The van der Waals surface area contributed by atoms with Crippen molar-refractivity contribution in [1.29, 1.82) is 0 Å². The first-order valence-electron chi connectivity index (χ1n) is 3.56. The summed E-state index contributed by atoms with van der Waals surface area (Å²) in [5.41, 5.74) is 7.83. The predicted molar refractivity (Wildman–Crippen MR) is 48.3 cm³/mol. The van der Waals surface area contributed by atoms with Crippen LogP contribution in [0.4, 0.5) is 0 Å². The number of aryl methyl sites for hydroxylation is 1. The second kappa shape index (κ2) is 3.78. The van der Waals surface area contributed by atoms with Crippen molar-refractivity contribution in [3.63, 3.8) is 0 Å². The number of nitrogens with one attached hydrogen (secondary N) is 1. The van der Waals surface area contributed by atoms with Gasteiger partial charge in [0.2, 0.25) is 0 Å². The quantitative estimate of drug-likeness (QED) is 0.673. The number of H-pyrrole nitrogens is 1. The first-order valence-corrected chi connectivity index (χ1v) is 4.61. The van der Waals surface area contributed by atoms with Crippen LogP contribution in [0, 0.1) is 6.92 Å². The molecule has 0 saturated heterocycles. The van der Waals surface area contributed by atoms with E-state index in [0.717, 1.165) is 17.1 Å². The molecule has 3 N–H and O–H groups in total. The molecule has 1 heterocycles. The van der Waals surface area contributed by atoms with Crippen molar-refractivity contribution < 1.29 is 0 Å². The smallest absolute Gasteiger partial charge is 0.0925 e. The molecule has 0 saturated carbocycles. The zero-order valence-corrected chi connectivity index (χ0v) is 7.61. The SMILES string of the molecule is Cc1[nH]cnc1CSC(C)N. The van der Waals surface area contributed by atoms with Gasteiger partial charge in [-0.05, 0) is 13.8 Å². The first kappa shape index (κ1) is 8.62. The first-order chi connectivity index (χ1) is 5.20. The monoisotopic (exact) mass is 171 g/mol. The van der Waals surface area contributed by atoms with Gasteiger partial charge in [0.05, 0.1) is 12.0 Å². The maximum absolute atomic E-state index is 5.58. The van der Waals surface area contributed by atoms with Gasteiger partial charge in [-0.2, -0.15) is 0 Å². The molecule has 0 aliphatic carbocycles.